The minimum Gasteiger partial charge on any atom is -0.391 e. The Balaban J connectivity index is 1.65. The molecule has 1 atom stereocenters. The van der Waals surface area contributed by atoms with Crippen LogP contribution in [0, 0.1) is 17.8 Å². The smallest absolute Gasteiger partial charge is 0.111 e. The molecule has 20 heavy (non-hydrogen) atoms. The highest BCUT2D eigenvalue weighted by atomic mass is 16.3. The molecule has 3 N–H and O–H groups in total. The Labute approximate surface area is 120 Å². The van der Waals surface area contributed by atoms with Crippen molar-refractivity contribution < 1.29 is 5.11 Å². The topological polar surface area (TPSA) is 64.1 Å². The molecule has 4 fully saturated rings. The van der Waals surface area contributed by atoms with Gasteiger partial charge in [-0.1, -0.05) is 0 Å². The van der Waals surface area contributed by atoms with Crippen LogP contribution >= 0.6 is 0 Å². The van der Waals surface area contributed by atoms with Crippen LogP contribution in [0.25, 0.3) is 0 Å². The number of hydrogen-bond donors (Lipinski definition) is 2. The van der Waals surface area contributed by atoms with Crippen molar-refractivity contribution in [2.45, 2.75) is 56.6 Å². The molecule has 0 amide bonds. The normalized spacial score (nSPS) is 40.2. The van der Waals surface area contributed by atoms with Gasteiger partial charge in [0.15, 0.2) is 0 Å². The first-order valence-corrected chi connectivity index (χ1v) is 8.09. The van der Waals surface area contributed by atoms with Gasteiger partial charge in [0.2, 0.25) is 0 Å². The first-order valence-electron chi connectivity index (χ1n) is 8.09. The maximum absolute atomic E-state index is 9.86. The van der Waals surface area contributed by atoms with Crippen LogP contribution in [-0.4, -0.2) is 27.3 Å². The molecule has 4 aliphatic rings. The first-order chi connectivity index (χ1) is 9.68. The lowest BCUT2D eigenvalue weighted by Crippen LogP contribution is -2.52. The average molecular weight is 275 g/mol. The van der Waals surface area contributed by atoms with Crippen molar-refractivity contribution in [3.05, 3.63) is 18.2 Å². The van der Waals surface area contributed by atoms with Crippen molar-refractivity contribution in [1.29, 1.82) is 0 Å². The molecule has 110 valence electrons. The number of aliphatic hydroxyl groups is 1. The third kappa shape index (κ3) is 1.92. The van der Waals surface area contributed by atoms with Crippen LogP contribution in [0.4, 0.5) is 0 Å². The molecule has 1 unspecified atom stereocenters. The van der Waals surface area contributed by atoms with Crippen LogP contribution in [0.15, 0.2) is 12.4 Å². The maximum atomic E-state index is 9.86. The number of aromatic nitrogens is 2. The third-order valence-corrected chi connectivity index (χ3v) is 5.92. The number of aliphatic hydroxyl groups excluding tert-OH is 1. The minimum absolute atomic E-state index is 0.300. The summed E-state index contributed by atoms with van der Waals surface area (Å²) in [5.41, 5.74) is 5.86. The Morgan fingerprint density at radius 1 is 1.25 bits per heavy atom. The summed E-state index contributed by atoms with van der Waals surface area (Å²) in [5, 5.41) is 9.86. The van der Waals surface area contributed by atoms with Crippen molar-refractivity contribution in [3.8, 4) is 0 Å². The minimum atomic E-state index is -0.468. The summed E-state index contributed by atoms with van der Waals surface area (Å²) in [5.74, 6) is 3.81. The SMILES string of the molecule is NCC(O)Cc1nccn1C12CC3CC(CC(C3)C1)C2. The molecule has 0 radical (unpaired) electrons. The highest BCUT2D eigenvalue weighted by Gasteiger charge is 2.52. The van der Waals surface area contributed by atoms with E-state index in [9.17, 15) is 5.11 Å². The molecule has 4 aliphatic carbocycles. The first kappa shape index (κ1) is 12.8. The van der Waals surface area contributed by atoms with Crippen molar-refractivity contribution in [2.24, 2.45) is 23.5 Å². The molecule has 0 saturated heterocycles. The molecule has 1 aromatic rings. The zero-order valence-electron chi connectivity index (χ0n) is 12.0. The van der Waals surface area contributed by atoms with Crippen molar-refractivity contribution >= 4 is 0 Å². The number of rotatable bonds is 4. The van der Waals surface area contributed by atoms with Crippen molar-refractivity contribution in [3.63, 3.8) is 0 Å². The third-order valence-electron chi connectivity index (χ3n) is 5.92. The number of nitrogens with two attached hydrogens (primary N) is 1. The molecule has 4 heteroatoms. The predicted molar refractivity (Wildman–Crippen MR) is 77.1 cm³/mol. The van der Waals surface area contributed by atoms with Gasteiger partial charge in [-0.15, -0.1) is 0 Å². The number of hydrogen-bond acceptors (Lipinski definition) is 3. The van der Waals surface area contributed by atoms with E-state index in [1.165, 1.54) is 38.5 Å². The quantitative estimate of drug-likeness (QED) is 0.878. The highest BCUT2D eigenvalue weighted by molar-refractivity contribution is 5.10. The van der Waals surface area contributed by atoms with E-state index in [-0.39, 0.29) is 0 Å². The number of nitrogens with zero attached hydrogens (tertiary/aromatic N) is 2. The lowest BCUT2D eigenvalue weighted by atomic mass is 9.53. The maximum Gasteiger partial charge on any atom is 0.111 e. The molecule has 0 aromatic carbocycles. The van der Waals surface area contributed by atoms with Gasteiger partial charge in [0.25, 0.3) is 0 Å². The molecule has 1 heterocycles. The summed E-state index contributed by atoms with van der Waals surface area (Å²) in [6.45, 7) is 0.313. The zero-order chi connectivity index (χ0) is 13.7. The van der Waals surface area contributed by atoms with E-state index in [4.69, 9.17) is 5.73 Å². The van der Waals surface area contributed by atoms with E-state index in [2.05, 4.69) is 15.7 Å². The molecule has 1 aromatic heterocycles. The van der Waals surface area contributed by atoms with Gasteiger partial charge < -0.3 is 15.4 Å². The fourth-order valence-electron chi connectivity index (χ4n) is 5.57. The van der Waals surface area contributed by atoms with E-state index in [1.54, 1.807) is 0 Å². The summed E-state index contributed by atoms with van der Waals surface area (Å²) < 4.78 is 2.41. The lowest BCUT2D eigenvalue weighted by molar-refractivity contribution is -0.0449. The van der Waals surface area contributed by atoms with E-state index in [0.29, 0.717) is 18.5 Å². The summed E-state index contributed by atoms with van der Waals surface area (Å²) in [6, 6.07) is 0. The van der Waals surface area contributed by atoms with Crippen molar-refractivity contribution in [1.82, 2.24) is 9.55 Å². The monoisotopic (exact) mass is 275 g/mol. The van der Waals surface area contributed by atoms with Crippen molar-refractivity contribution in [2.75, 3.05) is 6.54 Å². The second kappa shape index (κ2) is 4.57. The molecule has 0 spiro atoms. The van der Waals surface area contributed by atoms with Crippen LogP contribution in [0.5, 0.6) is 0 Å². The summed E-state index contributed by atoms with van der Waals surface area (Å²) in [4.78, 5) is 4.51. The Kier molecular flexibility index (Phi) is 2.93. The summed E-state index contributed by atoms with van der Waals surface area (Å²) in [6.07, 6.45) is 12.5. The molecule has 4 nitrogen and oxygen atoms in total. The predicted octanol–water partition coefficient (Wildman–Crippen LogP) is 1.67. The molecule has 4 saturated carbocycles. The van der Waals surface area contributed by atoms with Gasteiger partial charge in [0.05, 0.1) is 6.10 Å². The van der Waals surface area contributed by atoms with Gasteiger partial charge in [0.1, 0.15) is 5.82 Å². The standard InChI is InChI=1S/C16H25N3O/c17-10-14(20)6-15-18-1-2-19(15)16-7-11-3-12(8-16)5-13(4-11)9-16/h1-2,11-14,20H,3-10,17H2. The Bertz CT molecular complexity index is 460. The van der Waals surface area contributed by atoms with Gasteiger partial charge in [-0.25, -0.2) is 4.98 Å². The average Bonchev–Trinajstić information content (AvgIpc) is 2.86. The van der Waals surface area contributed by atoms with Gasteiger partial charge in [-0.05, 0) is 56.3 Å². The van der Waals surface area contributed by atoms with Crippen LogP contribution in [-0.2, 0) is 12.0 Å². The van der Waals surface area contributed by atoms with Gasteiger partial charge in [0, 0.05) is 30.9 Å². The van der Waals surface area contributed by atoms with Crippen LogP contribution < -0.4 is 5.73 Å². The Hall–Kier alpha value is -0.870. The van der Waals surface area contributed by atoms with E-state index < -0.39 is 6.10 Å². The van der Waals surface area contributed by atoms with Gasteiger partial charge >= 0.3 is 0 Å². The summed E-state index contributed by atoms with van der Waals surface area (Å²) in [7, 11) is 0. The molecule has 4 bridgehead atoms. The van der Waals surface area contributed by atoms with Crippen LogP contribution in [0.2, 0.25) is 0 Å². The van der Waals surface area contributed by atoms with E-state index in [0.717, 1.165) is 23.6 Å². The van der Waals surface area contributed by atoms with Crippen LogP contribution in [0.1, 0.15) is 44.3 Å². The fraction of sp³-hybridized carbons (Fsp3) is 0.812. The second-order valence-corrected chi connectivity index (χ2v) is 7.45. The Morgan fingerprint density at radius 3 is 2.40 bits per heavy atom. The molecular weight excluding hydrogens is 250 g/mol. The largest absolute Gasteiger partial charge is 0.391 e. The zero-order valence-corrected chi connectivity index (χ0v) is 12.0. The molecular formula is C16H25N3O. The summed E-state index contributed by atoms with van der Waals surface area (Å²) >= 11 is 0. The number of imidazole rings is 1. The van der Waals surface area contributed by atoms with E-state index in [1.807, 2.05) is 6.20 Å². The van der Waals surface area contributed by atoms with E-state index >= 15 is 0 Å². The Morgan fingerprint density at radius 2 is 1.85 bits per heavy atom. The lowest BCUT2D eigenvalue weighted by Gasteiger charge is -2.57. The van der Waals surface area contributed by atoms with Gasteiger partial charge in [-0.2, -0.15) is 0 Å². The highest BCUT2D eigenvalue weighted by Crippen LogP contribution is 2.59. The van der Waals surface area contributed by atoms with Crippen LogP contribution in [0.3, 0.4) is 0 Å². The molecule has 0 aliphatic heterocycles. The second-order valence-electron chi connectivity index (χ2n) is 7.45. The molecule has 5 rings (SSSR count). The van der Waals surface area contributed by atoms with Gasteiger partial charge in [-0.3, -0.25) is 0 Å². The fourth-order valence-corrected chi connectivity index (χ4v) is 5.57.